The Hall–Kier alpha value is -0.770. The minimum Gasteiger partial charge on any atom is -0.444 e. The Morgan fingerprint density at radius 2 is 1.84 bits per heavy atom. The van der Waals surface area contributed by atoms with E-state index in [4.69, 9.17) is 4.74 Å². The molecule has 0 rings (SSSR count). The van der Waals surface area contributed by atoms with Crippen molar-refractivity contribution < 1.29 is 14.6 Å². The standard InChI is InChI=1S/C15H31NO3/c1-6-8-9-10-15(7-2,12-17)11-16-13(18)19-14(3,4)5/h17H,6-12H2,1-5H3,(H,16,18). The first kappa shape index (κ1) is 18.2. The summed E-state index contributed by atoms with van der Waals surface area (Å²) >= 11 is 0. The molecule has 0 radical (unpaired) electrons. The van der Waals surface area contributed by atoms with Crippen molar-refractivity contribution in [3.63, 3.8) is 0 Å². The van der Waals surface area contributed by atoms with Crippen LogP contribution in [0.5, 0.6) is 0 Å². The Labute approximate surface area is 117 Å². The Balaban J connectivity index is 4.30. The lowest BCUT2D eigenvalue weighted by Crippen LogP contribution is -2.42. The fourth-order valence-electron chi connectivity index (χ4n) is 1.96. The summed E-state index contributed by atoms with van der Waals surface area (Å²) in [5.41, 5.74) is -0.702. The number of unbranched alkanes of at least 4 members (excludes halogenated alkanes) is 2. The van der Waals surface area contributed by atoms with Crippen molar-refractivity contribution >= 4 is 6.09 Å². The van der Waals surface area contributed by atoms with Crippen LogP contribution in [0.1, 0.15) is 66.7 Å². The van der Waals surface area contributed by atoms with Gasteiger partial charge in [-0.1, -0.05) is 33.1 Å². The van der Waals surface area contributed by atoms with Crippen molar-refractivity contribution in [2.45, 2.75) is 72.3 Å². The van der Waals surface area contributed by atoms with Gasteiger partial charge in [-0.05, 0) is 33.6 Å². The van der Waals surface area contributed by atoms with E-state index in [-0.39, 0.29) is 12.0 Å². The SMILES string of the molecule is CCCCCC(CC)(CO)CNC(=O)OC(C)(C)C. The van der Waals surface area contributed by atoms with Gasteiger partial charge in [0.2, 0.25) is 0 Å². The third-order valence-corrected chi connectivity index (χ3v) is 3.40. The summed E-state index contributed by atoms with van der Waals surface area (Å²) in [4.78, 5) is 11.7. The number of alkyl carbamates (subject to hydrolysis) is 1. The van der Waals surface area contributed by atoms with Crippen molar-refractivity contribution in [2.75, 3.05) is 13.2 Å². The second-order valence-electron chi connectivity index (χ2n) is 6.32. The van der Waals surface area contributed by atoms with Crippen LogP contribution in [0, 0.1) is 5.41 Å². The van der Waals surface area contributed by atoms with E-state index < -0.39 is 11.7 Å². The fraction of sp³-hybridized carbons (Fsp3) is 0.933. The summed E-state index contributed by atoms with van der Waals surface area (Å²) in [7, 11) is 0. The number of ether oxygens (including phenoxy) is 1. The van der Waals surface area contributed by atoms with Crippen LogP contribution in [-0.2, 0) is 4.74 Å². The second-order valence-corrected chi connectivity index (χ2v) is 6.32. The maximum Gasteiger partial charge on any atom is 0.407 e. The molecule has 0 heterocycles. The summed E-state index contributed by atoms with van der Waals surface area (Å²) in [6.07, 6.45) is 4.78. The van der Waals surface area contributed by atoms with Crippen LogP contribution in [0.2, 0.25) is 0 Å². The predicted octanol–water partition coefficient (Wildman–Crippen LogP) is 3.48. The molecule has 4 heteroatoms. The highest BCUT2D eigenvalue weighted by Crippen LogP contribution is 2.28. The van der Waals surface area contributed by atoms with Gasteiger partial charge in [-0.25, -0.2) is 4.79 Å². The third-order valence-electron chi connectivity index (χ3n) is 3.40. The molecule has 1 atom stereocenters. The molecule has 0 aromatic heterocycles. The molecule has 0 aromatic rings. The number of aliphatic hydroxyl groups excluding tert-OH is 1. The first-order valence-corrected chi connectivity index (χ1v) is 7.36. The van der Waals surface area contributed by atoms with Gasteiger partial charge < -0.3 is 15.2 Å². The molecule has 0 bridgehead atoms. The molecule has 0 aliphatic carbocycles. The molecule has 0 aliphatic heterocycles. The molecule has 0 aromatic carbocycles. The minimum atomic E-state index is -0.486. The molecular weight excluding hydrogens is 242 g/mol. The van der Waals surface area contributed by atoms with Gasteiger partial charge >= 0.3 is 6.09 Å². The van der Waals surface area contributed by atoms with Crippen LogP contribution in [0.4, 0.5) is 4.79 Å². The number of rotatable bonds is 8. The number of hydrogen-bond acceptors (Lipinski definition) is 3. The number of hydrogen-bond donors (Lipinski definition) is 2. The van der Waals surface area contributed by atoms with Crippen LogP contribution in [0.15, 0.2) is 0 Å². The monoisotopic (exact) mass is 273 g/mol. The Morgan fingerprint density at radius 3 is 2.26 bits per heavy atom. The predicted molar refractivity (Wildman–Crippen MR) is 78.2 cm³/mol. The average molecular weight is 273 g/mol. The van der Waals surface area contributed by atoms with E-state index in [1.54, 1.807) is 0 Å². The zero-order valence-electron chi connectivity index (χ0n) is 13.2. The van der Waals surface area contributed by atoms with Crippen molar-refractivity contribution in [3.8, 4) is 0 Å². The van der Waals surface area contributed by atoms with Gasteiger partial charge in [0.15, 0.2) is 0 Å². The van der Waals surface area contributed by atoms with Gasteiger partial charge in [0, 0.05) is 12.0 Å². The Bertz CT molecular complexity index is 255. The number of nitrogens with one attached hydrogen (secondary N) is 1. The van der Waals surface area contributed by atoms with Crippen molar-refractivity contribution in [1.29, 1.82) is 0 Å². The van der Waals surface area contributed by atoms with Crippen LogP contribution < -0.4 is 5.32 Å². The van der Waals surface area contributed by atoms with Gasteiger partial charge in [-0.3, -0.25) is 0 Å². The first-order valence-electron chi connectivity index (χ1n) is 7.36. The number of carbonyl (C=O) groups excluding carboxylic acids is 1. The maximum absolute atomic E-state index is 11.7. The highest BCUT2D eigenvalue weighted by atomic mass is 16.6. The number of aliphatic hydroxyl groups is 1. The Morgan fingerprint density at radius 1 is 1.21 bits per heavy atom. The molecule has 114 valence electrons. The van der Waals surface area contributed by atoms with E-state index in [2.05, 4.69) is 19.2 Å². The normalized spacial score (nSPS) is 14.8. The third kappa shape index (κ3) is 8.09. The average Bonchev–Trinajstić information content (AvgIpc) is 2.32. The van der Waals surface area contributed by atoms with Crippen molar-refractivity contribution in [3.05, 3.63) is 0 Å². The van der Waals surface area contributed by atoms with Crippen LogP contribution in [0.3, 0.4) is 0 Å². The number of amides is 1. The van der Waals surface area contributed by atoms with Gasteiger partial charge in [0.1, 0.15) is 5.60 Å². The smallest absolute Gasteiger partial charge is 0.407 e. The zero-order valence-corrected chi connectivity index (χ0v) is 13.2. The van der Waals surface area contributed by atoms with E-state index in [1.165, 1.54) is 0 Å². The molecule has 0 saturated heterocycles. The molecule has 1 unspecified atom stereocenters. The summed E-state index contributed by atoms with van der Waals surface area (Å²) in [5.74, 6) is 0. The maximum atomic E-state index is 11.7. The summed E-state index contributed by atoms with van der Waals surface area (Å²) < 4.78 is 5.22. The highest BCUT2D eigenvalue weighted by molar-refractivity contribution is 5.67. The topological polar surface area (TPSA) is 58.6 Å². The first-order chi connectivity index (χ1) is 8.78. The largest absolute Gasteiger partial charge is 0.444 e. The molecule has 1 amide bonds. The lowest BCUT2D eigenvalue weighted by molar-refractivity contribution is 0.0449. The number of carbonyl (C=O) groups is 1. The van der Waals surface area contributed by atoms with E-state index >= 15 is 0 Å². The molecule has 0 aliphatic rings. The van der Waals surface area contributed by atoms with Crippen LogP contribution >= 0.6 is 0 Å². The van der Waals surface area contributed by atoms with Gasteiger partial charge in [0.05, 0.1) is 6.61 Å². The molecule has 4 nitrogen and oxygen atoms in total. The lowest BCUT2D eigenvalue weighted by Gasteiger charge is -2.31. The van der Waals surface area contributed by atoms with Gasteiger partial charge in [0.25, 0.3) is 0 Å². The molecular formula is C15H31NO3. The molecule has 19 heavy (non-hydrogen) atoms. The highest BCUT2D eigenvalue weighted by Gasteiger charge is 2.28. The summed E-state index contributed by atoms with van der Waals surface area (Å²) in [6.45, 7) is 10.3. The molecule has 0 spiro atoms. The van der Waals surface area contributed by atoms with E-state index in [0.29, 0.717) is 6.54 Å². The minimum absolute atomic E-state index is 0.100. The second kappa shape index (κ2) is 8.41. The van der Waals surface area contributed by atoms with E-state index in [0.717, 1.165) is 32.1 Å². The summed E-state index contributed by atoms with van der Waals surface area (Å²) in [6, 6.07) is 0. The quantitative estimate of drug-likeness (QED) is 0.666. The van der Waals surface area contributed by atoms with Crippen LogP contribution in [0.25, 0.3) is 0 Å². The van der Waals surface area contributed by atoms with E-state index in [9.17, 15) is 9.90 Å². The molecule has 0 fully saturated rings. The van der Waals surface area contributed by atoms with Crippen molar-refractivity contribution in [1.82, 2.24) is 5.32 Å². The Kier molecular flexibility index (Phi) is 8.07. The van der Waals surface area contributed by atoms with E-state index in [1.807, 2.05) is 20.8 Å². The zero-order chi connectivity index (χ0) is 14.9. The van der Waals surface area contributed by atoms with Gasteiger partial charge in [-0.15, -0.1) is 0 Å². The lowest BCUT2D eigenvalue weighted by atomic mass is 9.80. The molecule has 2 N–H and O–H groups in total. The van der Waals surface area contributed by atoms with Gasteiger partial charge in [-0.2, -0.15) is 0 Å². The van der Waals surface area contributed by atoms with Crippen LogP contribution in [-0.4, -0.2) is 30.0 Å². The van der Waals surface area contributed by atoms with Crippen molar-refractivity contribution in [2.24, 2.45) is 5.41 Å². The fourth-order valence-corrected chi connectivity index (χ4v) is 1.96. The molecule has 0 saturated carbocycles. The summed E-state index contributed by atoms with van der Waals surface area (Å²) in [5, 5.41) is 12.4.